The average Bonchev–Trinajstić information content (AvgIpc) is 3.36. The molecular formula is C26H24N4O2. The largest absolute Gasteiger partial charge is 0.346 e. The summed E-state index contributed by atoms with van der Waals surface area (Å²) < 4.78 is 1.92. The van der Waals surface area contributed by atoms with E-state index in [-0.39, 0.29) is 17.9 Å². The van der Waals surface area contributed by atoms with Crippen LogP contribution < -0.4 is 10.6 Å². The summed E-state index contributed by atoms with van der Waals surface area (Å²) in [6, 6.07) is 22.1. The quantitative estimate of drug-likeness (QED) is 0.461. The summed E-state index contributed by atoms with van der Waals surface area (Å²) in [6.45, 7) is 3.84. The molecule has 1 heterocycles. The van der Waals surface area contributed by atoms with Gasteiger partial charge in [-0.1, -0.05) is 36.4 Å². The molecule has 1 atom stereocenters. The Balaban J connectivity index is 1.45. The number of carbonyl (C=O) groups is 2. The lowest BCUT2D eigenvalue weighted by molar-refractivity contribution is 0.0938. The van der Waals surface area contributed by atoms with Crippen molar-refractivity contribution in [3.63, 3.8) is 0 Å². The molecule has 0 aliphatic carbocycles. The zero-order valence-corrected chi connectivity index (χ0v) is 17.9. The van der Waals surface area contributed by atoms with Gasteiger partial charge in [-0.3, -0.25) is 9.59 Å². The molecular weight excluding hydrogens is 400 g/mol. The van der Waals surface area contributed by atoms with Gasteiger partial charge < -0.3 is 15.2 Å². The summed E-state index contributed by atoms with van der Waals surface area (Å²) in [5, 5.41) is 5.93. The second-order valence-electron chi connectivity index (χ2n) is 7.61. The predicted octanol–water partition coefficient (Wildman–Crippen LogP) is 4.92. The van der Waals surface area contributed by atoms with Crippen molar-refractivity contribution in [3.05, 3.63) is 114 Å². The summed E-state index contributed by atoms with van der Waals surface area (Å²) in [4.78, 5) is 29.4. The standard InChI is InChI=1S/C26H24N4O2/c1-18-8-9-22(16-24(18)29-25(31)21-6-4-3-5-7-21)26(32)28-19(2)20-10-12-23(13-11-20)30-15-14-27-17-30/h3-17,19H,1-2H3,(H,28,32)(H,29,31). The Kier molecular flexibility index (Phi) is 6.12. The van der Waals surface area contributed by atoms with E-state index in [9.17, 15) is 9.59 Å². The number of hydrogen-bond acceptors (Lipinski definition) is 3. The van der Waals surface area contributed by atoms with Crippen LogP contribution in [0.25, 0.3) is 5.69 Å². The number of amides is 2. The Labute approximate surface area is 186 Å². The molecule has 0 fully saturated rings. The van der Waals surface area contributed by atoms with Crippen molar-refractivity contribution in [2.75, 3.05) is 5.32 Å². The van der Waals surface area contributed by atoms with Crippen molar-refractivity contribution in [2.45, 2.75) is 19.9 Å². The molecule has 1 aromatic heterocycles. The van der Waals surface area contributed by atoms with Crippen molar-refractivity contribution in [2.24, 2.45) is 0 Å². The first kappa shape index (κ1) is 21.1. The second kappa shape index (κ2) is 9.31. The predicted molar refractivity (Wildman–Crippen MR) is 125 cm³/mol. The number of nitrogens with zero attached hydrogens (tertiary/aromatic N) is 2. The SMILES string of the molecule is Cc1ccc(C(=O)NC(C)c2ccc(-n3ccnc3)cc2)cc1NC(=O)c1ccccc1. The number of nitrogens with one attached hydrogen (secondary N) is 2. The van der Waals surface area contributed by atoms with E-state index in [2.05, 4.69) is 15.6 Å². The molecule has 2 N–H and O–H groups in total. The van der Waals surface area contributed by atoms with E-state index < -0.39 is 0 Å². The van der Waals surface area contributed by atoms with Crippen LogP contribution in [-0.4, -0.2) is 21.4 Å². The number of carbonyl (C=O) groups excluding carboxylic acids is 2. The molecule has 6 nitrogen and oxygen atoms in total. The summed E-state index contributed by atoms with van der Waals surface area (Å²) in [5.74, 6) is -0.413. The van der Waals surface area contributed by atoms with Crippen LogP contribution in [0.3, 0.4) is 0 Å². The summed E-state index contributed by atoms with van der Waals surface area (Å²) in [5.41, 5.74) is 4.54. The first-order valence-electron chi connectivity index (χ1n) is 10.4. The Bertz CT molecular complexity index is 1220. The van der Waals surface area contributed by atoms with Crippen LogP contribution in [0.4, 0.5) is 5.69 Å². The van der Waals surface area contributed by atoms with Gasteiger partial charge in [0.15, 0.2) is 0 Å². The Hall–Kier alpha value is -4.19. The maximum atomic E-state index is 12.9. The number of benzene rings is 3. The monoisotopic (exact) mass is 424 g/mol. The number of anilines is 1. The third kappa shape index (κ3) is 4.75. The maximum Gasteiger partial charge on any atom is 0.255 e. The van der Waals surface area contributed by atoms with Gasteiger partial charge in [0.1, 0.15) is 0 Å². The van der Waals surface area contributed by atoms with Gasteiger partial charge in [0.05, 0.1) is 12.4 Å². The average molecular weight is 425 g/mol. The van der Waals surface area contributed by atoms with E-state index in [1.807, 2.05) is 73.1 Å². The molecule has 3 aromatic carbocycles. The van der Waals surface area contributed by atoms with Crippen LogP contribution in [0.1, 0.15) is 44.8 Å². The van der Waals surface area contributed by atoms with E-state index in [1.165, 1.54) is 0 Å². The first-order valence-corrected chi connectivity index (χ1v) is 10.4. The molecule has 4 rings (SSSR count). The molecule has 32 heavy (non-hydrogen) atoms. The number of rotatable bonds is 6. The Morgan fingerprint density at radius 3 is 2.34 bits per heavy atom. The van der Waals surface area contributed by atoms with Gasteiger partial charge in [0.2, 0.25) is 0 Å². The lowest BCUT2D eigenvalue weighted by Gasteiger charge is -2.16. The van der Waals surface area contributed by atoms with Crippen molar-refractivity contribution in [1.82, 2.24) is 14.9 Å². The van der Waals surface area contributed by atoms with Crippen molar-refractivity contribution >= 4 is 17.5 Å². The van der Waals surface area contributed by atoms with Crippen molar-refractivity contribution < 1.29 is 9.59 Å². The van der Waals surface area contributed by atoms with E-state index in [0.717, 1.165) is 16.8 Å². The number of aromatic nitrogens is 2. The molecule has 0 aliphatic rings. The van der Waals surface area contributed by atoms with E-state index in [4.69, 9.17) is 0 Å². The van der Waals surface area contributed by atoms with Gasteiger partial charge in [0.25, 0.3) is 11.8 Å². The highest BCUT2D eigenvalue weighted by Crippen LogP contribution is 2.20. The lowest BCUT2D eigenvalue weighted by atomic mass is 10.1. The number of aryl methyl sites for hydroxylation is 1. The van der Waals surface area contributed by atoms with Gasteiger partial charge in [-0.25, -0.2) is 4.98 Å². The van der Waals surface area contributed by atoms with Gasteiger partial charge in [-0.05, 0) is 61.4 Å². The van der Waals surface area contributed by atoms with Crippen LogP contribution in [0, 0.1) is 6.92 Å². The summed E-state index contributed by atoms with van der Waals surface area (Å²) in [6.07, 6.45) is 5.35. The van der Waals surface area contributed by atoms with E-state index in [1.54, 1.807) is 36.8 Å². The molecule has 2 amide bonds. The molecule has 0 radical (unpaired) electrons. The summed E-state index contributed by atoms with van der Waals surface area (Å²) >= 11 is 0. The zero-order chi connectivity index (χ0) is 22.5. The second-order valence-corrected chi connectivity index (χ2v) is 7.61. The third-order valence-corrected chi connectivity index (χ3v) is 5.33. The minimum absolute atomic E-state index is 0.178. The van der Waals surface area contributed by atoms with Gasteiger partial charge in [0, 0.05) is 34.9 Å². The van der Waals surface area contributed by atoms with Crippen LogP contribution in [-0.2, 0) is 0 Å². The van der Waals surface area contributed by atoms with Crippen LogP contribution >= 0.6 is 0 Å². The van der Waals surface area contributed by atoms with Crippen LogP contribution in [0.2, 0.25) is 0 Å². The number of hydrogen-bond donors (Lipinski definition) is 2. The highest BCUT2D eigenvalue weighted by atomic mass is 16.2. The zero-order valence-electron chi connectivity index (χ0n) is 17.9. The van der Waals surface area contributed by atoms with Crippen LogP contribution in [0.15, 0.2) is 91.5 Å². The van der Waals surface area contributed by atoms with Crippen LogP contribution in [0.5, 0.6) is 0 Å². The fraction of sp³-hybridized carbons (Fsp3) is 0.115. The molecule has 1 unspecified atom stereocenters. The van der Waals surface area contributed by atoms with Gasteiger partial charge >= 0.3 is 0 Å². The molecule has 6 heteroatoms. The fourth-order valence-corrected chi connectivity index (χ4v) is 3.39. The topological polar surface area (TPSA) is 76.0 Å². The smallest absolute Gasteiger partial charge is 0.255 e. The van der Waals surface area contributed by atoms with Crippen molar-refractivity contribution in [3.8, 4) is 5.69 Å². The fourth-order valence-electron chi connectivity index (χ4n) is 3.39. The number of imidazole rings is 1. The third-order valence-electron chi connectivity index (χ3n) is 5.33. The minimum atomic E-state index is -0.211. The summed E-state index contributed by atoms with van der Waals surface area (Å²) in [7, 11) is 0. The minimum Gasteiger partial charge on any atom is -0.346 e. The maximum absolute atomic E-state index is 12.9. The molecule has 0 aliphatic heterocycles. The molecule has 0 saturated heterocycles. The van der Waals surface area contributed by atoms with Gasteiger partial charge in [-0.2, -0.15) is 0 Å². The molecule has 0 saturated carbocycles. The molecule has 0 spiro atoms. The van der Waals surface area contributed by atoms with Gasteiger partial charge in [-0.15, -0.1) is 0 Å². The molecule has 160 valence electrons. The van der Waals surface area contributed by atoms with E-state index in [0.29, 0.717) is 16.8 Å². The molecule has 4 aromatic rings. The van der Waals surface area contributed by atoms with E-state index >= 15 is 0 Å². The highest BCUT2D eigenvalue weighted by Gasteiger charge is 2.14. The lowest BCUT2D eigenvalue weighted by Crippen LogP contribution is -2.26. The Morgan fingerprint density at radius 2 is 1.66 bits per heavy atom. The Morgan fingerprint density at radius 1 is 0.906 bits per heavy atom. The normalized spacial score (nSPS) is 11.6. The highest BCUT2D eigenvalue weighted by molar-refractivity contribution is 6.05. The first-order chi connectivity index (χ1) is 15.5. The van der Waals surface area contributed by atoms with Crippen molar-refractivity contribution in [1.29, 1.82) is 0 Å². The molecule has 0 bridgehead atoms.